The third kappa shape index (κ3) is 24.1. The smallest absolute Gasteiger partial charge is 0.292 e. The number of benzene rings is 2. The van der Waals surface area contributed by atoms with Crippen LogP contribution in [0, 0.1) is 0 Å². The fourth-order valence-corrected chi connectivity index (χ4v) is 4.30. The molecule has 2 aromatic carbocycles. The molecule has 14 nitrogen and oxygen atoms in total. The Morgan fingerprint density at radius 1 is 0.981 bits per heavy atom. The molecule has 1 heterocycles. The first kappa shape index (κ1) is 53.2. The van der Waals surface area contributed by atoms with Crippen LogP contribution in [0.25, 0.3) is 28.1 Å². The summed E-state index contributed by atoms with van der Waals surface area (Å²) >= 11 is 0. The Labute approximate surface area is 323 Å². The van der Waals surface area contributed by atoms with Crippen LogP contribution in [0.15, 0.2) is 65.9 Å². The summed E-state index contributed by atoms with van der Waals surface area (Å²) in [6.07, 6.45) is 9.48. The number of aliphatic imine (C=N–C) groups is 1. The summed E-state index contributed by atoms with van der Waals surface area (Å²) in [4.78, 5) is 55.2. The predicted octanol–water partition coefficient (Wildman–Crippen LogP) is 4.88. The standard InChI is InChI=1S/C31H42N6O2.C3H6O.C2H4O2.C2H6.CH3NO.CH5N/c1-5-17-36(4)19-16-33-21-28(32-3)26-12-8-24(9-13-26)25-10-14-27(15-11-25)29-22-34-30(35-29)23-37(18-7-20-38)31(39)6-2;1-2-3-4;1-4-2-3;1-2;2-1-3;1-2/h8-16,21-22,32,38H,5-7,17-20,23H2,1-4H3,(H,34,35);3H,2H2,1H3;2H,1H3;1-2H3;1H,(H2,2,3);2H2,1H3/b28-21-,33-16?;;;;;. The summed E-state index contributed by atoms with van der Waals surface area (Å²) in [5.41, 5.74) is 14.9. The van der Waals surface area contributed by atoms with Crippen molar-refractivity contribution in [1.29, 1.82) is 0 Å². The highest BCUT2D eigenvalue weighted by Crippen LogP contribution is 2.25. The maximum atomic E-state index is 12.2. The summed E-state index contributed by atoms with van der Waals surface area (Å²) in [5.74, 6) is 0.784. The Morgan fingerprint density at radius 3 is 1.94 bits per heavy atom. The van der Waals surface area contributed by atoms with Crippen molar-refractivity contribution in [1.82, 2.24) is 25.1 Å². The zero-order valence-electron chi connectivity index (χ0n) is 33.9. The first-order chi connectivity index (χ1) is 26.2. The zero-order valence-corrected chi connectivity index (χ0v) is 33.9. The third-order valence-electron chi connectivity index (χ3n) is 6.78. The molecule has 0 bridgehead atoms. The van der Waals surface area contributed by atoms with Gasteiger partial charge in [0.2, 0.25) is 12.3 Å². The summed E-state index contributed by atoms with van der Waals surface area (Å²) in [5, 5.41) is 12.4. The maximum absolute atomic E-state index is 12.2. The van der Waals surface area contributed by atoms with Crippen molar-refractivity contribution in [2.45, 2.75) is 66.8 Å². The Morgan fingerprint density at radius 2 is 1.50 bits per heavy atom. The number of aliphatic hydroxyl groups is 1. The molecule has 0 saturated carbocycles. The van der Waals surface area contributed by atoms with Crippen LogP contribution in [0.5, 0.6) is 0 Å². The minimum absolute atomic E-state index is 0.0528. The molecule has 0 aliphatic heterocycles. The van der Waals surface area contributed by atoms with Gasteiger partial charge < -0.3 is 46.2 Å². The van der Waals surface area contributed by atoms with Crippen molar-refractivity contribution in [3.05, 3.63) is 72.3 Å². The maximum Gasteiger partial charge on any atom is 0.292 e. The van der Waals surface area contributed by atoms with Crippen molar-refractivity contribution in [3.63, 3.8) is 0 Å². The van der Waals surface area contributed by atoms with Gasteiger partial charge in [0, 0.05) is 45.8 Å². The molecule has 2 amide bonds. The summed E-state index contributed by atoms with van der Waals surface area (Å²) in [7, 11) is 6.82. The Balaban J connectivity index is -0.00000149. The van der Waals surface area contributed by atoms with Crippen LogP contribution in [0.3, 0.4) is 0 Å². The number of aromatic amines is 1. The van der Waals surface area contributed by atoms with E-state index in [1.54, 1.807) is 11.1 Å². The topological polar surface area (TPSA) is 209 Å². The lowest BCUT2D eigenvalue weighted by Gasteiger charge is -2.20. The van der Waals surface area contributed by atoms with E-state index in [1.165, 1.54) is 14.2 Å². The molecule has 0 aliphatic carbocycles. The molecule has 0 fully saturated rings. The van der Waals surface area contributed by atoms with Gasteiger partial charge >= 0.3 is 0 Å². The second-order valence-corrected chi connectivity index (χ2v) is 10.6. The molecule has 0 radical (unpaired) electrons. The lowest BCUT2D eigenvalue weighted by Crippen LogP contribution is -2.31. The van der Waals surface area contributed by atoms with Gasteiger partial charge in [0.25, 0.3) is 6.47 Å². The number of carbonyl (C=O) groups excluding carboxylic acids is 4. The van der Waals surface area contributed by atoms with Crippen molar-refractivity contribution >= 4 is 37.0 Å². The first-order valence-corrected chi connectivity index (χ1v) is 18.1. The number of methoxy groups -OCH3 is 1. The van der Waals surface area contributed by atoms with Crippen molar-refractivity contribution in [2.24, 2.45) is 16.5 Å². The van der Waals surface area contributed by atoms with Crippen molar-refractivity contribution in [2.75, 3.05) is 54.5 Å². The Kier molecular flexibility index (Phi) is 37.0. The van der Waals surface area contributed by atoms with E-state index in [0.29, 0.717) is 38.8 Å². The average molecular weight is 755 g/mol. The van der Waals surface area contributed by atoms with E-state index in [0.717, 1.165) is 65.3 Å². The largest absolute Gasteiger partial charge is 0.471 e. The highest BCUT2D eigenvalue weighted by Gasteiger charge is 2.14. The monoisotopic (exact) mass is 755 g/mol. The number of imidazole rings is 1. The van der Waals surface area contributed by atoms with E-state index < -0.39 is 0 Å². The number of carbonyl (C=O) groups is 4. The Hall–Kier alpha value is -5.18. The number of hydrogen-bond donors (Lipinski definition) is 5. The normalized spacial score (nSPS) is 9.89. The number of hydrogen-bond acceptors (Lipinski definition) is 11. The highest BCUT2D eigenvalue weighted by atomic mass is 16.5. The number of rotatable bonds is 17. The van der Waals surface area contributed by atoms with Gasteiger partial charge in [0.1, 0.15) is 12.1 Å². The Bertz CT molecular complexity index is 1400. The van der Waals surface area contributed by atoms with Gasteiger partial charge in [-0.25, -0.2) is 4.98 Å². The molecule has 14 heteroatoms. The molecule has 0 saturated heterocycles. The predicted molar refractivity (Wildman–Crippen MR) is 221 cm³/mol. The van der Waals surface area contributed by atoms with Crippen LogP contribution >= 0.6 is 0 Å². The minimum Gasteiger partial charge on any atom is -0.471 e. The van der Waals surface area contributed by atoms with Gasteiger partial charge in [-0.3, -0.25) is 19.4 Å². The first-order valence-electron chi connectivity index (χ1n) is 18.1. The van der Waals surface area contributed by atoms with Gasteiger partial charge in [-0.1, -0.05) is 83.1 Å². The molecule has 54 heavy (non-hydrogen) atoms. The molecule has 0 spiro atoms. The van der Waals surface area contributed by atoms with E-state index in [1.807, 2.05) is 47.2 Å². The van der Waals surface area contributed by atoms with E-state index in [-0.39, 0.29) is 18.9 Å². The second-order valence-electron chi connectivity index (χ2n) is 10.6. The molecule has 3 rings (SSSR count). The third-order valence-corrected chi connectivity index (χ3v) is 6.78. The summed E-state index contributed by atoms with van der Waals surface area (Å²) in [6, 6.07) is 16.8. The van der Waals surface area contributed by atoms with E-state index in [2.05, 4.69) is 104 Å². The van der Waals surface area contributed by atoms with E-state index in [4.69, 9.17) is 14.7 Å². The lowest BCUT2D eigenvalue weighted by molar-refractivity contribution is -0.131. The molecule has 1 aromatic heterocycles. The lowest BCUT2D eigenvalue weighted by atomic mass is 10.0. The number of ether oxygens (including phenoxy) is 1. The molecular weight excluding hydrogens is 688 g/mol. The van der Waals surface area contributed by atoms with Crippen LogP contribution in [-0.2, 0) is 30.5 Å². The fraction of sp³-hybridized carbons (Fsp3) is 0.450. The van der Waals surface area contributed by atoms with Gasteiger partial charge in [0.15, 0.2) is 0 Å². The quantitative estimate of drug-likeness (QED) is 0.0932. The van der Waals surface area contributed by atoms with Crippen molar-refractivity contribution < 1.29 is 29.0 Å². The number of H-pyrrole nitrogens is 1. The molecule has 3 aromatic rings. The summed E-state index contributed by atoms with van der Waals surface area (Å²) in [6.45, 7) is 13.1. The number of primary amides is 1. The SMILES string of the molecule is CC.CCC=O.CCCN(C)CC=N/C=C(\NC)c1ccc(-c2ccc(-c3cnc(CN(CCCO)C(=O)CC)[nH]3)cc2)cc1.CN.COC=O.NC=O. The van der Waals surface area contributed by atoms with Gasteiger partial charge in [-0.2, -0.15) is 0 Å². The summed E-state index contributed by atoms with van der Waals surface area (Å²) < 4.78 is 3.86. The van der Waals surface area contributed by atoms with Crippen LogP contribution in [-0.4, -0.2) is 111 Å². The molecule has 0 unspecified atom stereocenters. The number of aromatic nitrogens is 2. The van der Waals surface area contributed by atoms with E-state index >= 15 is 0 Å². The van der Waals surface area contributed by atoms with Crippen molar-refractivity contribution in [3.8, 4) is 22.4 Å². The number of aliphatic hydroxyl groups excluding tert-OH is 1. The number of amides is 2. The second kappa shape index (κ2) is 37.6. The number of aldehydes is 1. The number of nitrogens with one attached hydrogen (secondary N) is 2. The van der Waals surface area contributed by atoms with E-state index in [9.17, 15) is 9.59 Å². The van der Waals surface area contributed by atoms with Gasteiger partial charge in [0.05, 0.1) is 37.4 Å². The number of nitrogens with zero attached hydrogens (tertiary/aromatic N) is 4. The van der Waals surface area contributed by atoms with Gasteiger partial charge in [-0.15, -0.1) is 0 Å². The molecule has 0 aliphatic rings. The van der Waals surface area contributed by atoms with Crippen LogP contribution in [0.2, 0.25) is 0 Å². The van der Waals surface area contributed by atoms with Crippen LogP contribution in [0.1, 0.15) is 71.7 Å². The fourth-order valence-electron chi connectivity index (χ4n) is 4.30. The zero-order chi connectivity index (χ0) is 41.6. The molecule has 0 atom stereocenters. The van der Waals surface area contributed by atoms with Crippen LogP contribution < -0.4 is 16.8 Å². The minimum atomic E-state index is 0.0528. The van der Waals surface area contributed by atoms with Crippen LogP contribution in [0.4, 0.5) is 0 Å². The molecule has 7 N–H and O–H groups in total. The molecule has 302 valence electrons. The average Bonchev–Trinajstić information content (AvgIpc) is 3.70. The van der Waals surface area contributed by atoms with Gasteiger partial charge in [-0.05, 0) is 55.7 Å². The number of nitrogens with two attached hydrogens (primary N) is 2. The highest BCUT2D eigenvalue weighted by molar-refractivity contribution is 5.76. The molecular formula is C40H66N8O6.